The zero-order valence-corrected chi connectivity index (χ0v) is 14.0. The van der Waals surface area contributed by atoms with Crippen LogP contribution in [0.2, 0.25) is 0 Å². The van der Waals surface area contributed by atoms with E-state index in [1.165, 1.54) is 0 Å². The van der Waals surface area contributed by atoms with Gasteiger partial charge in [0.1, 0.15) is 0 Å². The number of benzene rings is 2. The van der Waals surface area contributed by atoms with Crippen LogP contribution in [-0.4, -0.2) is 35.0 Å². The Morgan fingerprint density at radius 1 is 1.00 bits per heavy atom. The lowest BCUT2D eigenvalue weighted by Crippen LogP contribution is -2.42. The van der Waals surface area contributed by atoms with E-state index in [9.17, 15) is 14.7 Å². The first-order valence-corrected chi connectivity index (χ1v) is 8.49. The average Bonchev–Trinajstić information content (AvgIpc) is 2.67. The number of hydrogen-bond acceptors (Lipinski definition) is 2. The Balaban J connectivity index is 1.93. The van der Waals surface area contributed by atoms with Gasteiger partial charge in [-0.3, -0.25) is 9.59 Å². The van der Waals surface area contributed by atoms with Crippen LogP contribution in [0.15, 0.2) is 60.7 Å². The molecular weight excluding hydrogens is 314 g/mol. The Kier molecular flexibility index (Phi) is 5.29. The van der Waals surface area contributed by atoms with Gasteiger partial charge >= 0.3 is 5.97 Å². The monoisotopic (exact) mass is 335 g/mol. The molecule has 1 amide bonds. The number of hydrogen-bond donors (Lipinski definition) is 1. The number of piperidine rings is 1. The van der Waals surface area contributed by atoms with Gasteiger partial charge in [0.25, 0.3) is 5.91 Å². The van der Waals surface area contributed by atoms with Gasteiger partial charge in [-0.05, 0) is 30.0 Å². The van der Waals surface area contributed by atoms with Gasteiger partial charge in [-0.2, -0.15) is 0 Å². The van der Waals surface area contributed by atoms with Gasteiger partial charge in [-0.25, -0.2) is 0 Å². The van der Waals surface area contributed by atoms with Crippen molar-refractivity contribution in [1.29, 1.82) is 0 Å². The van der Waals surface area contributed by atoms with Crippen molar-refractivity contribution in [1.82, 2.24) is 4.90 Å². The standard InChI is InChI=1S/C21H21NO3/c23-20(22-13-7-12-18(15-22)21(24)25)19(17-10-5-2-6-11-17)14-16-8-3-1-4-9-16/h1-6,8-11,14,18H,7,12-13,15H2,(H,24,25)/b19-14-/t18-/m0/s1. The Bertz CT molecular complexity index is 768. The lowest BCUT2D eigenvalue weighted by Gasteiger charge is -2.31. The maximum Gasteiger partial charge on any atom is 0.308 e. The van der Waals surface area contributed by atoms with Crippen LogP contribution in [0.25, 0.3) is 11.6 Å². The molecule has 1 fully saturated rings. The number of carboxylic acids is 1. The van der Waals surface area contributed by atoms with E-state index >= 15 is 0 Å². The molecule has 2 aromatic carbocycles. The van der Waals surface area contributed by atoms with Gasteiger partial charge in [0.15, 0.2) is 0 Å². The first kappa shape index (κ1) is 17.0. The molecule has 2 aromatic rings. The first-order chi connectivity index (χ1) is 12.1. The molecule has 0 spiro atoms. The van der Waals surface area contributed by atoms with Crippen LogP contribution in [0.1, 0.15) is 24.0 Å². The molecule has 0 bridgehead atoms. The molecule has 0 unspecified atom stereocenters. The van der Waals surface area contributed by atoms with Crippen LogP contribution >= 0.6 is 0 Å². The third kappa shape index (κ3) is 4.15. The van der Waals surface area contributed by atoms with E-state index in [0.717, 1.165) is 17.5 Å². The van der Waals surface area contributed by atoms with Gasteiger partial charge in [0.2, 0.25) is 0 Å². The summed E-state index contributed by atoms with van der Waals surface area (Å²) in [6, 6.07) is 19.2. The lowest BCUT2D eigenvalue weighted by molar-refractivity contribution is -0.144. The molecule has 0 aliphatic carbocycles. The second-order valence-corrected chi connectivity index (χ2v) is 6.26. The van der Waals surface area contributed by atoms with Crippen LogP contribution in [0.4, 0.5) is 0 Å². The first-order valence-electron chi connectivity index (χ1n) is 8.49. The number of aliphatic carboxylic acids is 1. The van der Waals surface area contributed by atoms with Crippen molar-refractivity contribution in [2.45, 2.75) is 12.8 Å². The fraction of sp³-hybridized carbons (Fsp3) is 0.238. The van der Waals surface area contributed by atoms with Crippen molar-refractivity contribution in [2.24, 2.45) is 5.92 Å². The minimum absolute atomic E-state index is 0.110. The molecule has 25 heavy (non-hydrogen) atoms. The topological polar surface area (TPSA) is 57.6 Å². The molecule has 0 aromatic heterocycles. The van der Waals surface area contributed by atoms with Gasteiger partial charge in [-0.15, -0.1) is 0 Å². The van der Waals surface area contributed by atoms with Crippen LogP contribution < -0.4 is 0 Å². The Morgan fingerprint density at radius 3 is 2.28 bits per heavy atom. The van der Waals surface area contributed by atoms with Crippen LogP contribution in [-0.2, 0) is 9.59 Å². The van der Waals surface area contributed by atoms with Gasteiger partial charge in [0, 0.05) is 18.7 Å². The molecule has 1 atom stereocenters. The molecule has 1 N–H and O–H groups in total. The van der Waals surface area contributed by atoms with Crippen LogP contribution in [0.3, 0.4) is 0 Å². The number of carbonyl (C=O) groups excluding carboxylic acids is 1. The number of carboxylic acid groups (broad SMARTS) is 1. The van der Waals surface area contributed by atoms with E-state index in [1.807, 2.05) is 66.7 Å². The molecule has 1 heterocycles. The van der Waals surface area contributed by atoms with E-state index in [4.69, 9.17) is 0 Å². The average molecular weight is 335 g/mol. The molecule has 1 aliphatic heterocycles. The Hall–Kier alpha value is -2.88. The fourth-order valence-corrected chi connectivity index (χ4v) is 3.14. The highest BCUT2D eigenvalue weighted by Crippen LogP contribution is 2.24. The molecule has 0 radical (unpaired) electrons. The predicted octanol–water partition coefficient (Wildman–Crippen LogP) is 3.55. The predicted molar refractivity (Wildman–Crippen MR) is 97.7 cm³/mol. The summed E-state index contributed by atoms with van der Waals surface area (Å²) in [6.45, 7) is 0.870. The van der Waals surface area contributed by atoms with Crippen molar-refractivity contribution in [2.75, 3.05) is 13.1 Å². The van der Waals surface area contributed by atoms with E-state index in [2.05, 4.69) is 0 Å². The zero-order valence-electron chi connectivity index (χ0n) is 14.0. The number of amides is 1. The minimum atomic E-state index is -0.828. The molecule has 128 valence electrons. The molecule has 1 saturated heterocycles. The normalized spacial score (nSPS) is 18.0. The lowest BCUT2D eigenvalue weighted by atomic mass is 9.95. The zero-order chi connectivity index (χ0) is 17.6. The molecule has 0 saturated carbocycles. The number of nitrogens with zero attached hydrogens (tertiary/aromatic N) is 1. The van der Waals surface area contributed by atoms with E-state index in [-0.39, 0.29) is 12.5 Å². The second kappa shape index (κ2) is 7.79. The molecule has 4 heteroatoms. The maximum atomic E-state index is 13.1. The summed E-state index contributed by atoms with van der Waals surface area (Å²) in [6.07, 6.45) is 3.22. The quantitative estimate of drug-likeness (QED) is 0.687. The summed E-state index contributed by atoms with van der Waals surface area (Å²) < 4.78 is 0. The number of carbonyl (C=O) groups is 2. The highest BCUT2D eigenvalue weighted by molar-refractivity contribution is 6.24. The smallest absolute Gasteiger partial charge is 0.308 e. The molecular formula is C21H21NO3. The summed E-state index contributed by atoms with van der Waals surface area (Å²) in [5.74, 6) is -1.42. The summed E-state index contributed by atoms with van der Waals surface area (Å²) in [5, 5.41) is 9.28. The Morgan fingerprint density at radius 2 is 1.64 bits per heavy atom. The van der Waals surface area contributed by atoms with Crippen LogP contribution in [0, 0.1) is 5.92 Å². The fourth-order valence-electron chi connectivity index (χ4n) is 3.14. The van der Waals surface area contributed by atoms with E-state index in [0.29, 0.717) is 18.5 Å². The number of rotatable bonds is 4. The van der Waals surface area contributed by atoms with Crippen molar-refractivity contribution >= 4 is 23.5 Å². The van der Waals surface area contributed by atoms with Crippen molar-refractivity contribution in [3.05, 3.63) is 71.8 Å². The minimum Gasteiger partial charge on any atom is -0.481 e. The van der Waals surface area contributed by atoms with Gasteiger partial charge in [-0.1, -0.05) is 60.7 Å². The van der Waals surface area contributed by atoms with Crippen molar-refractivity contribution in [3.8, 4) is 0 Å². The molecule has 4 nitrogen and oxygen atoms in total. The second-order valence-electron chi connectivity index (χ2n) is 6.26. The SMILES string of the molecule is O=C(O)[C@H]1CCCN(C(=O)/C(=C\c2ccccc2)c2ccccc2)C1. The summed E-state index contributed by atoms with van der Waals surface area (Å²) in [7, 11) is 0. The van der Waals surface area contributed by atoms with E-state index in [1.54, 1.807) is 4.90 Å². The third-order valence-electron chi connectivity index (χ3n) is 4.48. The summed E-state index contributed by atoms with van der Waals surface area (Å²) in [4.78, 5) is 26.1. The van der Waals surface area contributed by atoms with Gasteiger partial charge in [0.05, 0.1) is 5.92 Å². The molecule has 3 rings (SSSR count). The largest absolute Gasteiger partial charge is 0.481 e. The summed E-state index contributed by atoms with van der Waals surface area (Å²) in [5.41, 5.74) is 2.38. The van der Waals surface area contributed by atoms with Crippen molar-refractivity contribution < 1.29 is 14.7 Å². The maximum absolute atomic E-state index is 13.1. The van der Waals surface area contributed by atoms with E-state index < -0.39 is 11.9 Å². The summed E-state index contributed by atoms with van der Waals surface area (Å²) >= 11 is 0. The Labute approximate surface area is 147 Å². The number of likely N-dealkylation sites (tertiary alicyclic amines) is 1. The third-order valence-corrected chi connectivity index (χ3v) is 4.48. The van der Waals surface area contributed by atoms with Crippen LogP contribution in [0.5, 0.6) is 0 Å². The highest BCUT2D eigenvalue weighted by Gasteiger charge is 2.29. The van der Waals surface area contributed by atoms with Crippen molar-refractivity contribution in [3.63, 3.8) is 0 Å². The van der Waals surface area contributed by atoms with Gasteiger partial charge < -0.3 is 10.0 Å². The molecule has 1 aliphatic rings. The highest BCUT2D eigenvalue weighted by atomic mass is 16.4.